The largest absolute Gasteiger partial charge is 0.493 e. The Morgan fingerprint density at radius 3 is 2.26 bits per heavy atom. The molecule has 0 bridgehead atoms. The molecular weight excluding hydrogens is 303 g/mol. The molecule has 1 fully saturated rings. The van der Waals surface area contributed by atoms with Crippen molar-refractivity contribution in [1.82, 2.24) is 0 Å². The van der Waals surface area contributed by atoms with Gasteiger partial charge in [-0.1, -0.05) is 43.5 Å². The van der Waals surface area contributed by atoms with E-state index < -0.39 is 0 Å². The highest BCUT2D eigenvalue weighted by Crippen LogP contribution is 2.60. The molecule has 1 aliphatic rings. The molecule has 1 unspecified atom stereocenters. The van der Waals surface area contributed by atoms with Crippen molar-refractivity contribution >= 4 is 28.5 Å². The number of hydrogen-bond acceptors (Lipinski definition) is 2. The molecule has 0 saturated heterocycles. The van der Waals surface area contributed by atoms with E-state index >= 15 is 0 Å². The van der Waals surface area contributed by atoms with Gasteiger partial charge in [-0.05, 0) is 41.4 Å². The Morgan fingerprint density at radius 2 is 1.52 bits per heavy atom. The van der Waals surface area contributed by atoms with Crippen molar-refractivity contribution in [1.29, 1.82) is 0 Å². The van der Waals surface area contributed by atoms with Crippen LogP contribution in [-0.2, 0) is 0 Å². The van der Waals surface area contributed by atoms with Crippen LogP contribution in [0.2, 0.25) is 0 Å². The fraction of sp³-hybridized carbons (Fsp3) is 0.400. The first kappa shape index (κ1) is 14.9. The molecule has 0 aliphatic heterocycles. The van der Waals surface area contributed by atoms with E-state index in [1.807, 2.05) is 0 Å². The Hall–Kier alpha value is -1.66. The molecule has 1 atom stereocenters. The average Bonchev–Trinajstić information content (AvgIpc) is 2.94. The van der Waals surface area contributed by atoms with Crippen molar-refractivity contribution in [3.63, 3.8) is 0 Å². The lowest BCUT2D eigenvalue weighted by atomic mass is 10.0. The number of hydrogen-bond donors (Lipinski definition) is 0. The van der Waals surface area contributed by atoms with Gasteiger partial charge in [-0.25, -0.2) is 0 Å². The molecule has 1 aromatic heterocycles. The quantitative estimate of drug-likeness (QED) is 0.547. The van der Waals surface area contributed by atoms with Gasteiger partial charge < -0.3 is 9.47 Å². The highest BCUT2D eigenvalue weighted by atomic mass is 31.1. The van der Waals surface area contributed by atoms with Gasteiger partial charge in [-0.2, -0.15) is 0 Å². The normalized spacial score (nSPS) is 16.9. The molecule has 0 amide bonds. The molecule has 1 heterocycles. The first-order valence-corrected chi connectivity index (χ1v) is 9.89. The van der Waals surface area contributed by atoms with Crippen molar-refractivity contribution in [2.45, 2.75) is 37.8 Å². The van der Waals surface area contributed by atoms with Crippen LogP contribution in [-0.4, -0.2) is 14.2 Å². The molecular formula is C20H23O2P. The van der Waals surface area contributed by atoms with Crippen LogP contribution >= 0.6 is 7.53 Å². The Kier molecular flexibility index (Phi) is 3.95. The predicted octanol–water partition coefficient (Wildman–Crippen LogP) is 6.50. The van der Waals surface area contributed by atoms with E-state index in [0.717, 1.165) is 17.2 Å². The number of methoxy groups -OCH3 is 2. The number of ether oxygens (including phenoxy) is 2. The first-order chi connectivity index (χ1) is 11.3. The second-order valence-corrected chi connectivity index (χ2v) is 8.84. The molecule has 3 heteroatoms. The van der Waals surface area contributed by atoms with Crippen molar-refractivity contribution in [2.75, 3.05) is 14.2 Å². The summed E-state index contributed by atoms with van der Waals surface area (Å²) in [5, 5.41) is 5.81. The van der Waals surface area contributed by atoms with E-state index in [4.69, 9.17) is 9.47 Å². The monoisotopic (exact) mass is 326 g/mol. The fourth-order valence-electron chi connectivity index (χ4n) is 4.06. The van der Waals surface area contributed by atoms with Gasteiger partial charge in [0.1, 0.15) is 0 Å². The Balaban J connectivity index is 2.04. The lowest BCUT2D eigenvalue weighted by Gasteiger charge is -2.23. The van der Waals surface area contributed by atoms with E-state index in [9.17, 15) is 0 Å². The van der Waals surface area contributed by atoms with Crippen molar-refractivity contribution in [3.05, 3.63) is 36.4 Å². The molecule has 0 radical (unpaired) electrons. The third-order valence-electron chi connectivity index (χ3n) is 5.16. The van der Waals surface area contributed by atoms with Crippen molar-refractivity contribution in [3.8, 4) is 11.5 Å². The van der Waals surface area contributed by atoms with Crippen LogP contribution in [0.4, 0.5) is 0 Å². The number of benzene rings is 2. The maximum absolute atomic E-state index is 5.58. The summed E-state index contributed by atoms with van der Waals surface area (Å²) in [6.07, 6.45) is 6.91. The standard InChI is InChI=1S/C20H23O2P/c1-21-17-12-16-15-10-6-7-11-19(15)23(14-8-4-3-5-9-14)20(16)13-18(17)22-2/h6-7,10-14H,3-5,8-9H2,1-2H3. The van der Waals surface area contributed by atoms with E-state index in [2.05, 4.69) is 36.4 Å². The molecule has 120 valence electrons. The second-order valence-electron chi connectivity index (χ2n) is 6.40. The Labute approximate surface area is 138 Å². The summed E-state index contributed by atoms with van der Waals surface area (Å²) in [6.45, 7) is 0. The van der Waals surface area contributed by atoms with Crippen LogP contribution in [0.25, 0.3) is 21.0 Å². The van der Waals surface area contributed by atoms with Gasteiger partial charge in [0.15, 0.2) is 11.5 Å². The zero-order valence-corrected chi connectivity index (χ0v) is 14.7. The first-order valence-electron chi connectivity index (χ1n) is 8.48. The smallest absolute Gasteiger partial charge is 0.161 e. The number of fused-ring (bicyclic) bond motifs is 3. The van der Waals surface area contributed by atoms with Crippen molar-refractivity contribution < 1.29 is 9.47 Å². The third kappa shape index (κ3) is 2.40. The van der Waals surface area contributed by atoms with Gasteiger partial charge in [-0.15, -0.1) is 7.53 Å². The van der Waals surface area contributed by atoms with Crippen LogP contribution in [0, 0.1) is 0 Å². The maximum atomic E-state index is 5.58. The average molecular weight is 326 g/mol. The van der Waals surface area contributed by atoms with Crippen LogP contribution in [0.3, 0.4) is 0 Å². The van der Waals surface area contributed by atoms with Gasteiger partial charge >= 0.3 is 0 Å². The molecule has 4 rings (SSSR count). The zero-order chi connectivity index (χ0) is 15.8. The molecule has 1 aliphatic carbocycles. The summed E-state index contributed by atoms with van der Waals surface area (Å²) in [5.41, 5.74) is 0.819. The summed E-state index contributed by atoms with van der Waals surface area (Å²) >= 11 is 0. The van der Waals surface area contributed by atoms with Crippen LogP contribution < -0.4 is 9.47 Å². The minimum atomic E-state index is -0.270. The summed E-state index contributed by atoms with van der Waals surface area (Å²) in [5.74, 6) is 1.70. The molecule has 2 aromatic carbocycles. The topological polar surface area (TPSA) is 18.5 Å². The molecule has 0 N–H and O–H groups in total. The summed E-state index contributed by atoms with van der Waals surface area (Å²) in [4.78, 5) is 0. The third-order valence-corrected chi connectivity index (χ3v) is 8.20. The highest BCUT2D eigenvalue weighted by molar-refractivity contribution is 7.61. The Bertz CT molecular complexity index is 844. The summed E-state index contributed by atoms with van der Waals surface area (Å²) < 4.78 is 11.1. The molecule has 23 heavy (non-hydrogen) atoms. The van der Waals surface area contributed by atoms with Gasteiger partial charge in [0.2, 0.25) is 0 Å². The summed E-state index contributed by atoms with van der Waals surface area (Å²) in [6, 6.07) is 13.4. The lowest BCUT2D eigenvalue weighted by Crippen LogP contribution is -1.97. The van der Waals surface area contributed by atoms with Crippen LogP contribution in [0.1, 0.15) is 37.8 Å². The minimum absolute atomic E-state index is 0.270. The summed E-state index contributed by atoms with van der Waals surface area (Å²) in [7, 11) is 3.18. The molecule has 3 aromatic rings. The molecule has 1 saturated carbocycles. The Morgan fingerprint density at radius 1 is 0.826 bits per heavy atom. The maximum Gasteiger partial charge on any atom is 0.161 e. The van der Waals surface area contributed by atoms with E-state index in [0.29, 0.717) is 0 Å². The second kappa shape index (κ2) is 6.09. The highest BCUT2D eigenvalue weighted by Gasteiger charge is 2.23. The van der Waals surface area contributed by atoms with Gasteiger partial charge in [0.05, 0.1) is 14.2 Å². The van der Waals surface area contributed by atoms with E-state index in [1.54, 1.807) is 19.3 Å². The fourth-order valence-corrected chi connectivity index (χ4v) is 7.39. The van der Waals surface area contributed by atoms with Crippen molar-refractivity contribution in [2.24, 2.45) is 0 Å². The van der Waals surface area contributed by atoms with Crippen LogP contribution in [0.5, 0.6) is 11.5 Å². The SMILES string of the molecule is COc1cc2c3ccccc3p(C3CCCCC3)c2cc1OC. The molecule has 2 nitrogen and oxygen atoms in total. The predicted molar refractivity (Wildman–Crippen MR) is 99.4 cm³/mol. The molecule has 0 spiro atoms. The minimum Gasteiger partial charge on any atom is -0.493 e. The van der Waals surface area contributed by atoms with Gasteiger partial charge in [-0.3, -0.25) is 0 Å². The van der Waals surface area contributed by atoms with Gasteiger partial charge in [0.25, 0.3) is 0 Å². The van der Waals surface area contributed by atoms with Gasteiger partial charge in [0, 0.05) is 10.2 Å². The number of rotatable bonds is 3. The zero-order valence-electron chi connectivity index (χ0n) is 13.8. The van der Waals surface area contributed by atoms with Crippen LogP contribution in [0.15, 0.2) is 36.4 Å². The van der Waals surface area contributed by atoms with E-state index in [-0.39, 0.29) is 7.53 Å². The van der Waals surface area contributed by atoms with E-state index in [1.165, 1.54) is 48.0 Å². The lowest BCUT2D eigenvalue weighted by molar-refractivity contribution is 0.356.